The fraction of sp³-hybridized carbons (Fsp3) is 0.471. The highest BCUT2D eigenvalue weighted by molar-refractivity contribution is 9.09. The van der Waals surface area contributed by atoms with Gasteiger partial charge in [-0.05, 0) is 36.6 Å². The van der Waals surface area contributed by atoms with Gasteiger partial charge in [0.15, 0.2) is 12.4 Å². The topological polar surface area (TPSA) is 69.7 Å². The molecular formula is C17H14BrClO5. The van der Waals surface area contributed by atoms with Crippen LogP contribution in [0, 0.1) is 23.7 Å². The summed E-state index contributed by atoms with van der Waals surface area (Å²) in [6.45, 7) is -0.341. The fourth-order valence-corrected chi connectivity index (χ4v) is 5.42. The lowest BCUT2D eigenvalue weighted by Crippen LogP contribution is -2.39. The third kappa shape index (κ3) is 2.39. The predicted molar refractivity (Wildman–Crippen MR) is 87.9 cm³/mol. The number of hydrogen-bond donors (Lipinski definition) is 0. The highest BCUT2D eigenvalue weighted by Gasteiger charge is 2.68. The number of carbonyl (C=O) groups is 3. The van der Waals surface area contributed by atoms with E-state index in [1.807, 2.05) is 0 Å². The molecule has 0 amide bonds. The molecule has 0 radical (unpaired) electrons. The molecule has 2 saturated carbocycles. The molecule has 1 aliphatic heterocycles. The van der Waals surface area contributed by atoms with E-state index in [4.69, 9.17) is 21.1 Å². The van der Waals surface area contributed by atoms with Crippen LogP contribution in [0.3, 0.4) is 0 Å². The highest BCUT2D eigenvalue weighted by Crippen LogP contribution is 2.60. The molecule has 3 fully saturated rings. The largest absolute Gasteiger partial charge is 0.461 e. The third-order valence-electron chi connectivity index (χ3n) is 5.31. The summed E-state index contributed by atoms with van der Waals surface area (Å²) in [6.07, 6.45) is 0.647. The van der Waals surface area contributed by atoms with Crippen LogP contribution >= 0.6 is 27.5 Å². The van der Waals surface area contributed by atoms with Gasteiger partial charge in [-0.1, -0.05) is 27.5 Å². The molecule has 2 aliphatic carbocycles. The zero-order chi connectivity index (χ0) is 17.0. The Morgan fingerprint density at radius 3 is 2.67 bits per heavy atom. The van der Waals surface area contributed by atoms with Crippen LogP contribution in [0.1, 0.15) is 16.8 Å². The first-order chi connectivity index (χ1) is 11.5. The van der Waals surface area contributed by atoms with Gasteiger partial charge in [0.2, 0.25) is 0 Å². The van der Waals surface area contributed by atoms with Crippen molar-refractivity contribution in [2.45, 2.75) is 17.4 Å². The maximum atomic E-state index is 12.5. The zero-order valence-electron chi connectivity index (χ0n) is 12.5. The molecule has 24 heavy (non-hydrogen) atoms. The van der Waals surface area contributed by atoms with Gasteiger partial charge in [-0.2, -0.15) is 0 Å². The monoisotopic (exact) mass is 412 g/mol. The quantitative estimate of drug-likeness (QED) is 0.431. The maximum absolute atomic E-state index is 12.5. The summed E-state index contributed by atoms with van der Waals surface area (Å²) in [5, 5.41) is 0.531. The molecule has 2 bridgehead atoms. The average Bonchev–Trinajstić information content (AvgIpc) is 3.17. The Morgan fingerprint density at radius 1 is 1.25 bits per heavy atom. The molecule has 1 heterocycles. The second kappa shape index (κ2) is 5.85. The van der Waals surface area contributed by atoms with Crippen molar-refractivity contribution in [3.05, 3.63) is 34.9 Å². The van der Waals surface area contributed by atoms with Gasteiger partial charge in [-0.15, -0.1) is 0 Å². The van der Waals surface area contributed by atoms with Crippen LogP contribution in [-0.2, 0) is 19.1 Å². The van der Waals surface area contributed by atoms with E-state index >= 15 is 0 Å². The summed E-state index contributed by atoms with van der Waals surface area (Å²) in [4.78, 5) is 36.6. The molecule has 0 N–H and O–H groups in total. The smallest absolute Gasteiger partial charge is 0.310 e. The summed E-state index contributed by atoms with van der Waals surface area (Å²) in [5.41, 5.74) is 0.429. The molecule has 7 heteroatoms. The van der Waals surface area contributed by atoms with Crippen LogP contribution in [0.2, 0.25) is 5.02 Å². The van der Waals surface area contributed by atoms with Gasteiger partial charge in [-0.3, -0.25) is 14.4 Å². The molecule has 0 unspecified atom stereocenters. The molecule has 0 spiro atoms. The van der Waals surface area contributed by atoms with Crippen LogP contribution in [-0.4, -0.2) is 35.3 Å². The Hall–Kier alpha value is -1.40. The molecule has 1 aromatic carbocycles. The maximum Gasteiger partial charge on any atom is 0.310 e. The number of hydrogen-bond acceptors (Lipinski definition) is 5. The van der Waals surface area contributed by atoms with Gasteiger partial charge in [0.05, 0.1) is 16.7 Å². The first-order valence-electron chi connectivity index (χ1n) is 7.77. The molecule has 1 saturated heterocycles. The van der Waals surface area contributed by atoms with E-state index < -0.39 is 17.8 Å². The van der Waals surface area contributed by atoms with Gasteiger partial charge in [-0.25, -0.2) is 0 Å². The number of ketones is 1. The number of rotatable bonds is 4. The van der Waals surface area contributed by atoms with E-state index in [2.05, 4.69) is 15.9 Å². The van der Waals surface area contributed by atoms with Gasteiger partial charge in [0.25, 0.3) is 0 Å². The van der Waals surface area contributed by atoms with Crippen molar-refractivity contribution in [1.29, 1.82) is 0 Å². The lowest BCUT2D eigenvalue weighted by atomic mass is 9.80. The Bertz CT molecular complexity index is 718. The zero-order valence-corrected chi connectivity index (χ0v) is 14.8. The predicted octanol–water partition coefficient (Wildman–Crippen LogP) is 2.64. The normalized spacial score (nSPS) is 35.8. The van der Waals surface area contributed by atoms with Crippen LogP contribution in [0.4, 0.5) is 0 Å². The van der Waals surface area contributed by atoms with Crippen LogP contribution < -0.4 is 0 Å². The summed E-state index contributed by atoms with van der Waals surface area (Å²) in [6, 6.07) is 6.39. The van der Waals surface area contributed by atoms with E-state index in [0.29, 0.717) is 10.6 Å². The van der Waals surface area contributed by atoms with Crippen molar-refractivity contribution in [1.82, 2.24) is 0 Å². The first-order valence-corrected chi connectivity index (χ1v) is 9.06. The van der Waals surface area contributed by atoms with E-state index in [-0.39, 0.29) is 41.1 Å². The lowest BCUT2D eigenvalue weighted by Gasteiger charge is -2.26. The van der Waals surface area contributed by atoms with Gasteiger partial charge in [0, 0.05) is 16.5 Å². The number of Topliss-reactive ketones (excluding diaryl/α,β-unsaturated/α-hetero) is 1. The summed E-state index contributed by atoms with van der Waals surface area (Å²) >= 11 is 9.33. The molecule has 1 aromatic rings. The summed E-state index contributed by atoms with van der Waals surface area (Å²) < 4.78 is 10.6. The van der Waals surface area contributed by atoms with Crippen molar-refractivity contribution in [3.8, 4) is 0 Å². The number of fused-ring (bicyclic) bond motifs is 1. The SMILES string of the molecule is O=C(COC(=O)[C@@H]1[C@H]2C[C@H]3[C@H](OC(=O)[C@H]31)[C@H]2Br)c1ccc(Cl)cc1. The van der Waals surface area contributed by atoms with E-state index in [9.17, 15) is 14.4 Å². The standard InChI is InChI=1S/C17H14BrClO5/c18-14-9-5-10-13(17(22)24-15(10)14)12(9)16(21)23-6-11(20)7-1-3-8(19)4-2-7/h1-4,9-10,12-15H,5-6H2/t9-,10-,12-,13-,14+,15+/m1/s1. The van der Waals surface area contributed by atoms with Crippen molar-refractivity contribution >= 4 is 45.3 Å². The van der Waals surface area contributed by atoms with Crippen molar-refractivity contribution in [2.24, 2.45) is 23.7 Å². The number of esters is 2. The molecule has 126 valence electrons. The van der Waals surface area contributed by atoms with Gasteiger partial charge in [0.1, 0.15) is 6.10 Å². The molecule has 0 aromatic heterocycles. The van der Waals surface area contributed by atoms with Crippen molar-refractivity contribution in [3.63, 3.8) is 0 Å². The Kier molecular flexibility index (Phi) is 3.92. The molecule has 4 rings (SSSR count). The number of benzene rings is 1. The van der Waals surface area contributed by atoms with Crippen LogP contribution in [0.15, 0.2) is 24.3 Å². The number of halogens is 2. The van der Waals surface area contributed by atoms with Crippen LogP contribution in [0.25, 0.3) is 0 Å². The average molecular weight is 414 g/mol. The lowest BCUT2D eigenvalue weighted by molar-refractivity contribution is -0.154. The molecular weight excluding hydrogens is 400 g/mol. The minimum absolute atomic E-state index is 0.0188. The van der Waals surface area contributed by atoms with Crippen molar-refractivity contribution < 1.29 is 23.9 Å². The summed E-state index contributed by atoms with van der Waals surface area (Å²) in [5.74, 6) is -1.95. The highest BCUT2D eigenvalue weighted by atomic mass is 79.9. The minimum Gasteiger partial charge on any atom is -0.461 e. The number of alkyl halides is 1. The van der Waals surface area contributed by atoms with Crippen LogP contribution in [0.5, 0.6) is 0 Å². The minimum atomic E-state index is -0.524. The van der Waals surface area contributed by atoms with Gasteiger partial charge >= 0.3 is 11.9 Å². The number of carbonyl (C=O) groups excluding carboxylic acids is 3. The Labute approximate surface area is 151 Å². The van der Waals surface area contributed by atoms with Gasteiger partial charge < -0.3 is 9.47 Å². The first kappa shape index (κ1) is 16.1. The molecule has 6 atom stereocenters. The Morgan fingerprint density at radius 2 is 1.96 bits per heavy atom. The second-order valence-corrected chi connectivity index (χ2v) is 7.99. The third-order valence-corrected chi connectivity index (χ3v) is 6.76. The van der Waals surface area contributed by atoms with E-state index in [0.717, 1.165) is 6.42 Å². The molecule has 5 nitrogen and oxygen atoms in total. The van der Waals surface area contributed by atoms with E-state index in [1.54, 1.807) is 24.3 Å². The number of ether oxygens (including phenoxy) is 2. The Balaban J connectivity index is 1.43. The van der Waals surface area contributed by atoms with E-state index in [1.165, 1.54) is 0 Å². The fourth-order valence-electron chi connectivity index (χ4n) is 4.25. The summed E-state index contributed by atoms with van der Waals surface area (Å²) in [7, 11) is 0. The van der Waals surface area contributed by atoms with Crippen molar-refractivity contribution in [2.75, 3.05) is 6.61 Å². The second-order valence-electron chi connectivity index (χ2n) is 6.50. The molecule has 3 aliphatic rings.